The third-order valence-corrected chi connectivity index (χ3v) is 3.01. The van der Waals surface area contributed by atoms with Crippen LogP contribution in [0.4, 0.5) is 0 Å². The molecule has 0 fully saturated rings. The average Bonchev–Trinajstić information content (AvgIpc) is 2.37. The Labute approximate surface area is 108 Å². The molecule has 4 heteroatoms. The van der Waals surface area contributed by atoms with Crippen molar-refractivity contribution in [3.05, 3.63) is 23.9 Å². The number of hydrogen-bond donors (Lipinski definition) is 1. The van der Waals surface area contributed by atoms with Crippen molar-refractivity contribution in [2.75, 3.05) is 7.11 Å². The lowest BCUT2D eigenvalue weighted by molar-refractivity contribution is -0.137. The van der Waals surface area contributed by atoms with E-state index in [9.17, 15) is 4.79 Å². The SMILES string of the molecule is CCCCCC(CC(=O)O)c1cccnc1OC. The Bertz CT molecular complexity index is 379. The number of methoxy groups -OCH3 is 1. The molecule has 0 bridgehead atoms. The molecule has 1 unspecified atom stereocenters. The molecule has 4 nitrogen and oxygen atoms in total. The van der Waals surface area contributed by atoms with Crippen LogP contribution in [0, 0.1) is 0 Å². The highest BCUT2D eigenvalue weighted by molar-refractivity contribution is 5.68. The molecule has 0 spiro atoms. The first-order valence-electron chi connectivity index (χ1n) is 6.39. The molecule has 0 aliphatic rings. The number of rotatable bonds is 8. The van der Waals surface area contributed by atoms with Gasteiger partial charge in [0.05, 0.1) is 13.5 Å². The molecule has 100 valence electrons. The normalized spacial score (nSPS) is 12.1. The molecule has 18 heavy (non-hydrogen) atoms. The second kappa shape index (κ2) is 7.69. The van der Waals surface area contributed by atoms with Crippen molar-refractivity contribution in [2.45, 2.75) is 44.9 Å². The minimum atomic E-state index is -0.776. The highest BCUT2D eigenvalue weighted by atomic mass is 16.5. The summed E-state index contributed by atoms with van der Waals surface area (Å²) in [6.07, 6.45) is 5.94. The van der Waals surface area contributed by atoms with Gasteiger partial charge >= 0.3 is 5.97 Å². The van der Waals surface area contributed by atoms with Gasteiger partial charge in [0.1, 0.15) is 0 Å². The van der Waals surface area contributed by atoms with Gasteiger partial charge in [-0.2, -0.15) is 0 Å². The fourth-order valence-electron chi connectivity index (χ4n) is 2.10. The smallest absolute Gasteiger partial charge is 0.303 e. The number of ether oxygens (including phenoxy) is 1. The van der Waals surface area contributed by atoms with Gasteiger partial charge in [-0.3, -0.25) is 4.79 Å². The van der Waals surface area contributed by atoms with Gasteiger partial charge in [0.25, 0.3) is 0 Å². The van der Waals surface area contributed by atoms with Crippen LogP contribution < -0.4 is 4.74 Å². The van der Waals surface area contributed by atoms with Crippen molar-refractivity contribution in [3.8, 4) is 5.88 Å². The van der Waals surface area contributed by atoms with Gasteiger partial charge < -0.3 is 9.84 Å². The molecule has 0 aromatic carbocycles. The van der Waals surface area contributed by atoms with Crippen LogP contribution in [0.25, 0.3) is 0 Å². The molecule has 0 radical (unpaired) electrons. The number of aliphatic carboxylic acids is 1. The van der Waals surface area contributed by atoms with E-state index in [2.05, 4.69) is 11.9 Å². The summed E-state index contributed by atoms with van der Waals surface area (Å²) < 4.78 is 5.21. The van der Waals surface area contributed by atoms with Crippen LogP contribution >= 0.6 is 0 Å². The van der Waals surface area contributed by atoms with Gasteiger partial charge in [0.2, 0.25) is 5.88 Å². The average molecular weight is 251 g/mol. The first kappa shape index (κ1) is 14.5. The number of hydrogen-bond acceptors (Lipinski definition) is 3. The third kappa shape index (κ3) is 4.35. The number of aromatic nitrogens is 1. The van der Waals surface area contributed by atoms with E-state index in [-0.39, 0.29) is 12.3 Å². The fourth-order valence-corrected chi connectivity index (χ4v) is 2.10. The number of nitrogens with zero attached hydrogens (tertiary/aromatic N) is 1. The molecule has 1 rings (SSSR count). The summed E-state index contributed by atoms with van der Waals surface area (Å²) in [5, 5.41) is 9.00. The minimum Gasteiger partial charge on any atom is -0.481 e. The van der Waals surface area contributed by atoms with Crippen LogP contribution in [0.3, 0.4) is 0 Å². The van der Waals surface area contributed by atoms with Gasteiger partial charge in [-0.1, -0.05) is 32.3 Å². The summed E-state index contributed by atoms with van der Waals surface area (Å²) in [5.74, 6) is -0.250. The summed E-state index contributed by atoms with van der Waals surface area (Å²) in [6.45, 7) is 2.14. The molecular weight excluding hydrogens is 230 g/mol. The van der Waals surface area contributed by atoms with Crippen LogP contribution in [-0.4, -0.2) is 23.2 Å². The molecule has 0 saturated carbocycles. The Hall–Kier alpha value is -1.58. The Morgan fingerprint density at radius 1 is 1.50 bits per heavy atom. The summed E-state index contributed by atoms with van der Waals surface area (Å²) in [5.41, 5.74) is 0.901. The second-order valence-electron chi connectivity index (χ2n) is 4.39. The van der Waals surface area contributed by atoms with E-state index >= 15 is 0 Å². The Kier molecular flexibility index (Phi) is 6.19. The molecule has 1 heterocycles. The van der Waals surface area contributed by atoms with Crippen LogP contribution in [0.15, 0.2) is 18.3 Å². The van der Waals surface area contributed by atoms with Gasteiger partial charge in [0, 0.05) is 11.8 Å². The fraction of sp³-hybridized carbons (Fsp3) is 0.571. The maximum absolute atomic E-state index is 11.0. The lowest BCUT2D eigenvalue weighted by Crippen LogP contribution is -2.08. The maximum Gasteiger partial charge on any atom is 0.303 e. The van der Waals surface area contributed by atoms with Crippen LogP contribution in [0.5, 0.6) is 5.88 Å². The lowest BCUT2D eigenvalue weighted by Gasteiger charge is -2.17. The first-order chi connectivity index (χ1) is 8.69. The zero-order valence-electron chi connectivity index (χ0n) is 11.1. The van der Waals surface area contributed by atoms with Gasteiger partial charge in [0.15, 0.2) is 0 Å². The molecule has 0 saturated heterocycles. The molecular formula is C14H21NO3. The number of carbonyl (C=O) groups is 1. The molecule has 0 aliphatic heterocycles. The zero-order chi connectivity index (χ0) is 13.4. The number of carboxylic acids is 1. The van der Waals surface area contributed by atoms with Gasteiger partial charge in [-0.25, -0.2) is 4.98 Å². The van der Waals surface area contributed by atoms with Crippen molar-refractivity contribution in [2.24, 2.45) is 0 Å². The van der Waals surface area contributed by atoms with Crippen molar-refractivity contribution >= 4 is 5.97 Å². The summed E-state index contributed by atoms with van der Waals surface area (Å²) in [4.78, 5) is 15.1. The van der Waals surface area contributed by atoms with E-state index in [1.54, 1.807) is 13.3 Å². The van der Waals surface area contributed by atoms with E-state index in [0.717, 1.165) is 31.2 Å². The topological polar surface area (TPSA) is 59.4 Å². The molecule has 1 N–H and O–H groups in total. The molecule has 0 amide bonds. The maximum atomic E-state index is 11.0. The zero-order valence-corrected chi connectivity index (χ0v) is 11.1. The standard InChI is InChI=1S/C14H21NO3/c1-3-4-5-7-11(10-13(16)17)12-8-6-9-15-14(12)18-2/h6,8-9,11H,3-5,7,10H2,1-2H3,(H,16,17). The Morgan fingerprint density at radius 2 is 2.28 bits per heavy atom. The lowest BCUT2D eigenvalue weighted by atomic mass is 9.91. The van der Waals surface area contributed by atoms with E-state index in [4.69, 9.17) is 9.84 Å². The Morgan fingerprint density at radius 3 is 2.89 bits per heavy atom. The summed E-state index contributed by atoms with van der Waals surface area (Å²) in [7, 11) is 1.57. The van der Waals surface area contributed by atoms with Gasteiger partial charge in [-0.05, 0) is 18.4 Å². The van der Waals surface area contributed by atoms with Crippen LogP contribution in [-0.2, 0) is 4.79 Å². The summed E-state index contributed by atoms with van der Waals surface area (Å²) in [6, 6.07) is 3.73. The van der Waals surface area contributed by atoms with Crippen molar-refractivity contribution in [1.82, 2.24) is 4.98 Å². The van der Waals surface area contributed by atoms with Crippen LogP contribution in [0.2, 0.25) is 0 Å². The Balaban J connectivity index is 2.82. The van der Waals surface area contributed by atoms with Crippen molar-refractivity contribution in [3.63, 3.8) is 0 Å². The highest BCUT2D eigenvalue weighted by Gasteiger charge is 2.19. The highest BCUT2D eigenvalue weighted by Crippen LogP contribution is 2.31. The predicted molar refractivity (Wildman–Crippen MR) is 69.9 cm³/mol. The molecule has 1 atom stereocenters. The number of carboxylic acid groups (broad SMARTS) is 1. The van der Waals surface area contributed by atoms with Crippen molar-refractivity contribution < 1.29 is 14.6 Å². The first-order valence-corrected chi connectivity index (χ1v) is 6.39. The minimum absolute atomic E-state index is 0.0160. The number of unbranched alkanes of at least 4 members (excludes halogenated alkanes) is 2. The van der Waals surface area contributed by atoms with E-state index in [1.807, 2.05) is 12.1 Å². The molecule has 1 aromatic rings. The third-order valence-electron chi connectivity index (χ3n) is 3.01. The predicted octanol–water partition coefficient (Wildman–Crippen LogP) is 3.23. The van der Waals surface area contributed by atoms with Gasteiger partial charge in [-0.15, -0.1) is 0 Å². The largest absolute Gasteiger partial charge is 0.481 e. The van der Waals surface area contributed by atoms with E-state index in [1.165, 1.54) is 0 Å². The monoisotopic (exact) mass is 251 g/mol. The molecule has 0 aliphatic carbocycles. The van der Waals surface area contributed by atoms with E-state index < -0.39 is 5.97 Å². The van der Waals surface area contributed by atoms with Crippen LogP contribution in [0.1, 0.15) is 50.5 Å². The molecule has 1 aromatic heterocycles. The summed E-state index contributed by atoms with van der Waals surface area (Å²) >= 11 is 0. The van der Waals surface area contributed by atoms with E-state index in [0.29, 0.717) is 5.88 Å². The number of pyridine rings is 1. The van der Waals surface area contributed by atoms with Crippen molar-refractivity contribution in [1.29, 1.82) is 0 Å². The quantitative estimate of drug-likeness (QED) is 0.721. The second-order valence-corrected chi connectivity index (χ2v) is 4.39.